The van der Waals surface area contributed by atoms with E-state index in [0.717, 1.165) is 0 Å². The maximum atomic E-state index is 10.7. The van der Waals surface area contributed by atoms with Crippen LogP contribution in [0.2, 0.25) is 0 Å². The molecule has 98 valence electrons. The summed E-state index contributed by atoms with van der Waals surface area (Å²) in [6.45, 7) is -1.73. The van der Waals surface area contributed by atoms with Crippen molar-refractivity contribution in [2.45, 2.75) is 12.5 Å². The number of hydrogen-bond acceptors (Lipinski definition) is 5. The van der Waals surface area contributed by atoms with E-state index in [-0.39, 0.29) is 29.6 Å². The molecule has 0 aromatic rings. The van der Waals surface area contributed by atoms with Crippen molar-refractivity contribution in [2.24, 2.45) is 0 Å². The van der Waals surface area contributed by atoms with Crippen molar-refractivity contribution in [3.63, 3.8) is 0 Å². The Kier molecular flexibility index (Phi) is 9.45. The zero-order valence-corrected chi connectivity index (χ0v) is 8.57. The van der Waals surface area contributed by atoms with Crippen LogP contribution >= 0.6 is 0 Å². The van der Waals surface area contributed by atoms with Crippen LogP contribution in [0.1, 0.15) is 6.42 Å². The van der Waals surface area contributed by atoms with Crippen LogP contribution in [-0.2, 0) is 19.2 Å². The van der Waals surface area contributed by atoms with Crippen molar-refractivity contribution >= 4 is 53.4 Å². The molecular formula is C8H12NNaO8. The van der Waals surface area contributed by atoms with Gasteiger partial charge >= 0.3 is 53.4 Å². The normalized spacial score (nSPS) is 11.4. The van der Waals surface area contributed by atoms with Crippen LogP contribution < -0.4 is 0 Å². The molecule has 0 aromatic carbocycles. The fourth-order valence-corrected chi connectivity index (χ4v) is 1.16. The van der Waals surface area contributed by atoms with Crippen LogP contribution in [0.3, 0.4) is 0 Å². The SMILES string of the molecule is O=C(O)CC(C(=O)O)N(CC(=O)O)CC(=O)O.[NaH]. The van der Waals surface area contributed by atoms with Gasteiger partial charge in [-0.1, -0.05) is 0 Å². The zero-order valence-electron chi connectivity index (χ0n) is 8.57. The molecule has 1 unspecified atom stereocenters. The predicted octanol–water partition coefficient (Wildman–Crippen LogP) is -2.26. The molecule has 0 aromatic heterocycles. The van der Waals surface area contributed by atoms with Gasteiger partial charge in [0, 0.05) is 0 Å². The van der Waals surface area contributed by atoms with Gasteiger partial charge in [0.05, 0.1) is 19.5 Å². The molecule has 10 heteroatoms. The number of aliphatic carboxylic acids is 4. The molecule has 18 heavy (non-hydrogen) atoms. The van der Waals surface area contributed by atoms with E-state index in [1.807, 2.05) is 0 Å². The number of carboxylic acids is 4. The molecule has 0 aliphatic rings. The van der Waals surface area contributed by atoms with Crippen LogP contribution in [0.5, 0.6) is 0 Å². The number of rotatable bonds is 8. The van der Waals surface area contributed by atoms with Crippen molar-refractivity contribution in [2.75, 3.05) is 13.1 Å². The number of hydrogen-bond donors (Lipinski definition) is 4. The predicted molar refractivity (Wildman–Crippen MR) is 57.7 cm³/mol. The van der Waals surface area contributed by atoms with Crippen LogP contribution in [-0.4, -0.2) is 97.9 Å². The molecule has 0 rings (SSSR count). The van der Waals surface area contributed by atoms with Gasteiger partial charge in [0.25, 0.3) is 0 Å². The third kappa shape index (κ3) is 8.01. The zero-order chi connectivity index (χ0) is 13.6. The third-order valence-electron chi connectivity index (χ3n) is 1.77. The van der Waals surface area contributed by atoms with Crippen molar-refractivity contribution in [3.8, 4) is 0 Å². The molecule has 0 heterocycles. The van der Waals surface area contributed by atoms with E-state index in [9.17, 15) is 19.2 Å². The summed E-state index contributed by atoms with van der Waals surface area (Å²) in [7, 11) is 0. The molecule has 0 aliphatic carbocycles. The summed E-state index contributed by atoms with van der Waals surface area (Å²) < 4.78 is 0. The first kappa shape index (κ1) is 19.2. The first-order chi connectivity index (χ1) is 7.73. The van der Waals surface area contributed by atoms with E-state index in [1.54, 1.807) is 0 Å². The topological polar surface area (TPSA) is 152 Å². The molecule has 0 aliphatic heterocycles. The van der Waals surface area contributed by atoms with E-state index < -0.39 is 49.4 Å². The van der Waals surface area contributed by atoms with Gasteiger partial charge in [-0.05, 0) is 0 Å². The second kappa shape index (κ2) is 8.86. The van der Waals surface area contributed by atoms with Crippen molar-refractivity contribution < 1.29 is 39.6 Å². The first-order valence-corrected chi connectivity index (χ1v) is 4.36. The molecule has 0 bridgehead atoms. The average Bonchev–Trinajstić information content (AvgIpc) is 2.10. The standard InChI is InChI=1S/C8H11NO8.Na.H/c10-5(11)1-4(8(16)17)9(2-6(12)13)3-7(14)15;;/h4H,1-3H2,(H,10,11)(H,12,13)(H,14,15)(H,16,17);;. The Balaban J connectivity index is 0. The fraction of sp³-hybridized carbons (Fsp3) is 0.500. The van der Waals surface area contributed by atoms with E-state index in [0.29, 0.717) is 4.90 Å². The van der Waals surface area contributed by atoms with Crippen molar-refractivity contribution in [1.82, 2.24) is 4.90 Å². The number of carbonyl (C=O) groups is 4. The van der Waals surface area contributed by atoms with Crippen LogP contribution in [0.4, 0.5) is 0 Å². The van der Waals surface area contributed by atoms with E-state index in [2.05, 4.69) is 0 Å². The van der Waals surface area contributed by atoms with Crippen LogP contribution in [0.15, 0.2) is 0 Å². The second-order valence-electron chi connectivity index (χ2n) is 3.14. The van der Waals surface area contributed by atoms with Gasteiger partial charge in [0.15, 0.2) is 0 Å². The average molecular weight is 273 g/mol. The van der Waals surface area contributed by atoms with Gasteiger partial charge in [-0.15, -0.1) is 0 Å². The Morgan fingerprint density at radius 2 is 1.22 bits per heavy atom. The minimum absolute atomic E-state index is 0. The molecule has 0 radical (unpaired) electrons. The molecular weight excluding hydrogens is 261 g/mol. The Labute approximate surface area is 123 Å². The summed E-state index contributed by atoms with van der Waals surface area (Å²) in [5.74, 6) is -5.93. The summed E-state index contributed by atoms with van der Waals surface area (Å²) >= 11 is 0. The van der Waals surface area contributed by atoms with Gasteiger partial charge in [-0.2, -0.15) is 0 Å². The molecule has 9 nitrogen and oxygen atoms in total. The van der Waals surface area contributed by atoms with E-state index in [4.69, 9.17) is 20.4 Å². The monoisotopic (exact) mass is 273 g/mol. The Morgan fingerprint density at radius 1 is 0.833 bits per heavy atom. The first-order valence-electron chi connectivity index (χ1n) is 4.36. The Morgan fingerprint density at radius 3 is 1.44 bits per heavy atom. The van der Waals surface area contributed by atoms with Crippen molar-refractivity contribution in [3.05, 3.63) is 0 Å². The summed E-state index contributed by atoms with van der Waals surface area (Å²) in [6, 6.07) is -1.69. The molecule has 0 saturated heterocycles. The molecule has 0 saturated carbocycles. The molecule has 0 spiro atoms. The van der Waals surface area contributed by atoms with E-state index in [1.165, 1.54) is 0 Å². The van der Waals surface area contributed by atoms with Gasteiger partial charge in [0.2, 0.25) is 0 Å². The molecule has 1 atom stereocenters. The van der Waals surface area contributed by atoms with Gasteiger partial charge in [-0.25, -0.2) is 0 Å². The molecule has 0 amide bonds. The summed E-state index contributed by atoms with van der Waals surface area (Å²) in [6.07, 6.45) is -0.879. The number of nitrogens with zero attached hydrogens (tertiary/aromatic N) is 1. The second-order valence-corrected chi connectivity index (χ2v) is 3.14. The maximum absolute atomic E-state index is 10.7. The third-order valence-corrected chi connectivity index (χ3v) is 1.77. The van der Waals surface area contributed by atoms with E-state index >= 15 is 0 Å². The van der Waals surface area contributed by atoms with Gasteiger partial charge < -0.3 is 20.4 Å². The minimum atomic E-state index is -1.69. The Hall–Kier alpha value is -1.16. The summed E-state index contributed by atoms with van der Waals surface area (Å²) in [4.78, 5) is 42.6. The Bertz CT molecular complexity index is 328. The quantitative estimate of drug-likeness (QED) is 0.359. The summed E-state index contributed by atoms with van der Waals surface area (Å²) in [5, 5.41) is 34.2. The van der Waals surface area contributed by atoms with Crippen LogP contribution in [0, 0.1) is 0 Å². The van der Waals surface area contributed by atoms with Crippen LogP contribution in [0.25, 0.3) is 0 Å². The molecule has 0 fully saturated rings. The fourth-order valence-electron chi connectivity index (χ4n) is 1.16. The van der Waals surface area contributed by atoms with Gasteiger partial charge in [-0.3, -0.25) is 24.1 Å². The summed E-state index contributed by atoms with van der Waals surface area (Å²) in [5.41, 5.74) is 0. The number of carboxylic acid groups (broad SMARTS) is 4. The van der Waals surface area contributed by atoms with Crippen molar-refractivity contribution in [1.29, 1.82) is 0 Å². The van der Waals surface area contributed by atoms with Gasteiger partial charge in [0.1, 0.15) is 6.04 Å². The molecule has 4 N–H and O–H groups in total.